The predicted octanol–water partition coefficient (Wildman–Crippen LogP) is 3.55. The van der Waals surface area contributed by atoms with Crippen LogP contribution in [-0.4, -0.2) is 25.5 Å². The molecule has 0 fully saturated rings. The number of fused-ring (bicyclic) bond motifs is 2. The van der Waals surface area contributed by atoms with Crippen LogP contribution in [0.4, 0.5) is 4.39 Å². The Balaban J connectivity index is 1.35. The van der Waals surface area contributed by atoms with Gasteiger partial charge in [0.25, 0.3) is 0 Å². The third-order valence-corrected chi connectivity index (χ3v) is 5.37. The van der Waals surface area contributed by atoms with Crippen LogP contribution in [0.2, 0.25) is 0 Å². The summed E-state index contributed by atoms with van der Waals surface area (Å²) in [6, 6.07) is 14.3. The molecular weight excluding hydrogens is 369 g/mol. The third-order valence-electron chi connectivity index (χ3n) is 5.37. The highest BCUT2D eigenvalue weighted by Crippen LogP contribution is 2.31. The van der Waals surface area contributed by atoms with Gasteiger partial charge in [-0.1, -0.05) is 30.3 Å². The number of para-hydroxylation sites is 1. The SMILES string of the molecule is O=C(Cn1cc2ccccc2n1)NC1CCCc2c1cnn2-c1ccccc1F. The van der Waals surface area contributed by atoms with E-state index in [9.17, 15) is 9.18 Å². The zero-order valence-electron chi connectivity index (χ0n) is 15.8. The van der Waals surface area contributed by atoms with E-state index in [-0.39, 0.29) is 24.3 Å². The van der Waals surface area contributed by atoms with Crippen LogP contribution < -0.4 is 5.32 Å². The number of benzene rings is 2. The number of nitrogens with one attached hydrogen (secondary N) is 1. The van der Waals surface area contributed by atoms with E-state index >= 15 is 0 Å². The molecule has 2 heterocycles. The van der Waals surface area contributed by atoms with Gasteiger partial charge >= 0.3 is 0 Å². The van der Waals surface area contributed by atoms with Gasteiger partial charge in [0.15, 0.2) is 0 Å². The molecule has 1 atom stereocenters. The van der Waals surface area contributed by atoms with Crippen molar-refractivity contribution < 1.29 is 9.18 Å². The number of nitrogens with zero attached hydrogens (tertiary/aromatic N) is 4. The molecule has 1 aliphatic rings. The first-order chi connectivity index (χ1) is 14.2. The maximum atomic E-state index is 14.2. The number of halogens is 1. The lowest BCUT2D eigenvalue weighted by Gasteiger charge is -2.24. The lowest BCUT2D eigenvalue weighted by Crippen LogP contribution is -2.33. The Kier molecular flexibility index (Phi) is 4.35. The average Bonchev–Trinajstić information content (AvgIpc) is 3.32. The number of aromatic nitrogens is 4. The van der Waals surface area contributed by atoms with Crippen molar-refractivity contribution in [3.63, 3.8) is 0 Å². The number of amides is 1. The van der Waals surface area contributed by atoms with E-state index in [1.807, 2.05) is 30.5 Å². The second-order valence-corrected chi connectivity index (χ2v) is 7.31. The lowest BCUT2D eigenvalue weighted by molar-refractivity contribution is -0.122. The third kappa shape index (κ3) is 3.29. The van der Waals surface area contributed by atoms with E-state index in [2.05, 4.69) is 15.5 Å². The summed E-state index contributed by atoms with van der Waals surface area (Å²) in [5.74, 6) is -0.412. The molecule has 1 unspecified atom stereocenters. The Labute approximate surface area is 167 Å². The monoisotopic (exact) mass is 389 g/mol. The molecule has 4 aromatic rings. The quantitative estimate of drug-likeness (QED) is 0.581. The molecule has 29 heavy (non-hydrogen) atoms. The van der Waals surface area contributed by atoms with Gasteiger partial charge in [-0.25, -0.2) is 9.07 Å². The van der Waals surface area contributed by atoms with E-state index in [1.165, 1.54) is 6.07 Å². The first kappa shape index (κ1) is 17.6. The molecule has 1 aliphatic carbocycles. The van der Waals surface area contributed by atoms with Crippen LogP contribution >= 0.6 is 0 Å². The number of hydrogen-bond donors (Lipinski definition) is 1. The number of hydrogen-bond acceptors (Lipinski definition) is 3. The summed E-state index contributed by atoms with van der Waals surface area (Å²) in [6.07, 6.45) is 6.17. The zero-order chi connectivity index (χ0) is 19.8. The molecule has 2 aromatic heterocycles. The summed E-state index contributed by atoms with van der Waals surface area (Å²) in [7, 11) is 0. The summed E-state index contributed by atoms with van der Waals surface area (Å²) >= 11 is 0. The van der Waals surface area contributed by atoms with Crippen molar-refractivity contribution in [1.29, 1.82) is 0 Å². The van der Waals surface area contributed by atoms with E-state index in [0.717, 1.165) is 41.4 Å². The van der Waals surface area contributed by atoms with Crippen LogP contribution in [0.5, 0.6) is 0 Å². The van der Waals surface area contributed by atoms with Gasteiger partial charge in [-0.2, -0.15) is 10.2 Å². The van der Waals surface area contributed by atoms with Crippen molar-refractivity contribution >= 4 is 16.8 Å². The molecule has 0 saturated carbocycles. The van der Waals surface area contributed by atoms with Crippen molar-refractivity contribution in [1.82, 2.24) is 24.9 Å². The number of carbonyl (C=O) groups excluding carboxylic acids is 1. The van der Waals surface area contributed by atoms with Gasteiger partial charge in [-0.05, 0) is 37.5 Å². The fraction of sp³-hybridized carbons (Fsp3) is 0.227. The summed E-state index contributed by atoms with van der Waals surface area (Å²) in [5, 5.41) is 13.0. The van der Waals surface area contributed by atoms with Crippen LogP contribution in [0.15, 0.2) is 60.9 Å². The van der Waals surface area contributed by atoms with Gasteiger partial charge in [0, 0.05) is 22.8 Å². The molecule has 0 bridgehead atoms. The highest BCUT2D eigenvalue weighted by atomic mass is 19.1. The number of rotatable bonds is 4. The molecule has 0 radical (unpaired) electrons. The Morgan fingerprint density at radius 1 is 1.17 bits per heavy atom. The van der Waals surface area contributed by atoms with Crippen molar-refractivity contribution in [3.8, 4) is 5.69 Å². The first-order valence-electron chi connectivity index (χ1n) is 9.72. The zero-order valence-corrected chi connectivity index (χ0v) is 15.8. The second kappa shape index (κ2) is 7.16. The van der Waals surface area contributed by atoms with Crippen LogP contribution in [0.25, 0.3) is 16.6 Å². The van der Waals surface area contributed by atoms with Crippen molar-refractivity contribution in [3.05, 3.63) is 78.0 Å². The molecule has 146 valence electrons. The lowest BCUT2D eigenvalue weighted by atomic mass is 9.93. The topological polar surface area (TPSA) is 64.7 Å². The highest BCUT2D eigenvalue weighted by molar-refractivity contribution is 5.80. The van der Waals surface area contributed by atoms with Gasteiger partial charge < -0.3 is 5.32 Å². The molecule has 2 aromatic carbocycles. The maximum absolute atomic E-state index is 14.2. The second-order valence-electron chi connectivity index (χ2n) is 7.31. The molecule has 0 saturated heterocycles. The molecule has 1 N–H and O–H groups in total. The molecule has 5 rings (SSSR count). The van der Waals surface area contributed by atoms with Crippen LogP contribution in [-0.2, 0) is 17.8 Å². The van der Waals surface area contributed by atoms with Gasteiger partial charge in [0.05, 0.1) is 17.8 Å². The van der Waals surface area contributed by atoms with E-state index in [0.29, 0.717) is 5.69 Å². The van der Waals surface area contributed by atoms with Gasteiger partial charge in [0.2, 0.25) is 5.91 Å². The van der Waals surface area contributed by atoms with E-state index < -0.39 is 0 Å². The minimum Gasteiger partial charge on any atom is -0.348 e. The Bertz CT molecular complexity index is 1160. The normalized spacial score (nSPS) is 16.0. The Morgan fingerprint density at radius 2 is 2.00 bits per heavy atom. The summed E-state index contributed by atoms with van der Waals surface area (Å²) < 4.78 is 17.5. The fourth-order valence-electron chi connectivity index (χ4n) is 4.02. The standard InChI is InChI=1S/C22H20FN5O/c23-17-7-2-4-10-21(17)28-20-11-5-9-19(16(20)12-24-28)25-22(29)14-27-13-15-6-1-3-8-18(15)26-27/h1-4,6-8,10,12-13,19H,5,9,11,14H2,(H,25,29). The van der Waals surface area contributed by atoms with Crippen LogP contribution in [0.3, 0.4) is 0 Å². The minimum absolute atomic E-state index is 0.103. The molecule has 0 aliphatic heterocycles. The average molecular weight is 389 g/mol. The summed E-state index contributed by atoms with van der Waals surface area (Å²) in [4.78, 5) is 12.6. The van der Waals surface area contributed by atoms with Crippen molar-refractivity contribution in [2.45, 2.75) is 31.8 Å². The van der Waals surface area contributed by atoms with Gasteiger partial charge in [0.1, 0.15) is 18.0 Å². The van der Waals surface area contributed by atoms with E-state index in [4.69, 9.17) is 0 Å². The Morgan fingerprint density at radius 3 is 2.86 bits per heavy atom. The number of carbonyl (C=O) groups is 1. The van der Waals surface area contributed by atoms with Gasteiger partial charge in [-0.15, -0.1) is 0 Å². The van der Waals surface area contributed by atoms with Gasteiger partial charge in [-0.3, -0.25) is 9.48 Å². The maximum Gasteiger partial charge on any atom is 0.242 e. The summed E-state index contributed by atoms with van der Waals surface area (Å²) in [5.41, 5.74) is 3.21. The van der Waals surface area contributed by atoms with Crippen molar-refractivity contribution in [2.24, 2.45) is 0 Å². The Hall–Kier alpha value is -3.48. The molecule has 7 heteroatoms. The van der Waals surface area contributed by atoms with Crippen molar-refractivity contribution in [2.75, 3.05) is 0 Å². The predicted molar refractivity (Wildman–Crippen MR) is 107 cm³/mol. The smallest absolute Gasteiger partial charge is 0.242 e. The van der Waals surface area contributed by atoms with Crippen LogP contribution in [0.1, 0.15) is 30.1 Å². The molecular formula is C22H20FN5O. The molecule has 1 amide bonds. The first-order valence-corrected chi connectivity index (χ1v) is 9.72. The minimum atomic E-state index is -0.310. The molecule has 6 nitrogen and oxygen atoms in total. The van der Waals surface area contributed by atoms with E-state index in [1.54, 1.807) is 33.8 Å². The highest BCUT2D eigenvalue weighted by Gasteiger charge is 2.26. The molecule has 0 spiro atoms. The largest absolute Gasteiger partial charge is 0.348 e. The fourth-order valence-corrected chi connectivity index (χ4v) is 4.02. The summed E-state index contributed by atoms with van der Waals surface area (Å²) in [6.45, 7) is 0.155. The van der Waals surface area contributed by atoms with Crippen LogP contribution in [0, 0.1) is 5.82 Å².